The van der Waals surface area contributed by atoms with Crippen LogP contribution < -0.4 is 15.1 Å². The van der Waals surface area contributed by atoms with E-state index in [1.165, 1.54) is 7.11 Å². The second-order valence-corrected chi connectivity index (χ2v) is 5.75. The van der Waals surface area contributed by atoms with E-state index in [2.05, 4.69) is 10.4 Å². The van der Waals surface area contributed by atoms with Crippen LogP contribution in [0.25, 0.3) is 0 Å². The van der Waals surface area contributed by atoms with Crippen LogP contribution in [0.15, 0.2) is 35.4 Å². The molecule has 0 bridgehead atoms. The van der Waals surface area contributed by atoms with Crippen molar-refractivity contribution in [1.29, 1.82) is 0 Å². The summed E-state index contributed by atoms with van der Waals surface area (Å²) in [5.41, 5.74) is -1.16. The lowest BCUT2D eigenvalue weighted by molar-refractivity contribution is -0.118. The molecular formula is C18H13F4N3O3. The van der Waals surface area contributed by atoms with E-state index < -0.39 is 40.8 Å². The number of hydrogen-bond donors (Lipinski definition) is 1. The SMILES string of the molecule is COc1ccc(NC(=O)C2=NN(c3c(F)c(F)cc(F)c3F)C(=O)CC2)cc1. The highest BCUT2D eigenvalue weighted by atomic mass is 19.2. The number of halogens is 4. The molecule has 1 N–H and O–H groups in total. The molecule has 1 aliphatic heterocycles. The molecule has 2 aromatic carbocycles. The molecule has 0 saturated heterocycles. The van der Waals surface area contributed by atoms with Gasteiger partial charge in [0.2, 0.25) is 5.91 Å². The third-order valence-electron chi connectivity index (χ3n) is 3.94. The van der Waals surface area contributed by atoms with Gasteiger partial charge in [0, 0.05) is 24.6 Å². The van der Waals surface area contributed by atoms with Gasteiger partial charge in [-0.1, -0.05) is 0 Å². The number of nitrogens with zero attached hydrogens (tertiary/aromatic N) is 2. The van der Waals surface area contributed by atoms with E-state index in [1.54, 1.807) is 24.3 Å². The minimum atomic E-state index is -1.78. The van der Waals surface area contributed by atoms with Gasteiger partial charge in [0.1, 0.15) is 17.1 Å². The number of carbonyl (C=O) groups excluding carboxylic acids is 2. The van der Waals surface area contributed by atoms with Gasteiger partial charge in [-0.25, -0.2) is 17.6 Å². The summed E-state index contributed by atoms with van der Waals surface area (Å²) >= 11 is 0. The zero-order chi connectivity index (χ0) is 20.4. The van der Waals surface area contributed by atoms with Gasteiger partial charge in [-0.15, -0.1) is 0 Å². The van der Waals surface area contributed by atoms with E-state index in [0.29, 0.717) is 11.4 Å². The Morgan fingerprint density at radius 2 is 1.68 bits per heavy atom. The van der Waals surface area contributed by atoms with E-state index in [4.69, 9.17) is 4.74 Å². The van der Waals surface area contributed by atoms with Crippen LogP contribution in [-0.2, 0) is 9.59 Å². The van der Waals surface area contributed by atoms with Gasteiger partial charge in [-0.3, -0.25) is 9.59 Å². The molecule has 2 aromatic rings. The van der Waals surface area contributed by atoms with Crippen LogP contribution in [0.5, 0.6) is 5.75 Å². The van der Waals surface area contributed by atoms with Crippen molar-refractivity contribution in [2.45, 2.75) is 12.8 Å². The van der Waals surface area contributed by atoms with Gasteiger partial charge in [-0.05, 0) is 24.3 Å². The molecule has 0 aromatic heterocycles. The minimum Gasteiger partial charge on any atom is -0.497 e. The normalized spacial score (nSPS) is 14.0. The van der Waals surface area contributed by atoms with E-state index in [9.17, 15) is 27.2 Å². The predicted molar refractivity (Wildman–Crippen MR) is 92.1 cm³/mol. The second kappa shape index (κ2) is 7.67. The summed E-state index contributed by atoms with van der Waals surface area (Å²) in [6.45, 7) is 0. The Hall–Kier alpha value is -3.43. The molecular weight excluding hydrogens is 382 g/mol. The average Bonchev–Trinajstić information content (AvgIpc) is 2.68. The molecule has 0 saturated carbocycles. The van der Waals surface area contributed by atoms with Crippen molar-refractivity contribution in [1.82, 2.24) is 0 Å². The monoisotopic (exact) mass is 395 g/mol. The van der Waals surface area contributed by atoms with Crippen molar-refractivity contribution in [3.8, 4) is 5.75 Å². The van der Waals surface area contributed by atoms with Crippen molar-refractivity contribution in [2.75, 3.05) is 17.4 Å². The maximum Gasteiger partial charge on any atom is 0.271 e. The summed E-state index contributed by atoms with van der Waals surface area (Å²) < 4.78 is 59.9. The van der Waals surface area contributed by atoms with Crippen molar-refractivity contribution >= 4 is 28.9 Å². The summed E-state index contributed by atoms with van der Waals surface area (Å²) in [6.07, 6.45) is -0.440. The molecule has 1 aliphatic rings. The Morgan fingerprint density at radius 3 is 2.25 bits per heavy atom. The van der Waals surface area contributed by atoms with Gasteiger partial charge in [0.25, 0.3) is 5.91 Å². The molecule has 0 atom stereocenters. The molecule has 146 valence electrons. The lowest BCUT2D eigenvalue weighted by atomic mass is 10.1. The molecule has 10 heteroatoms. The van der Waals surface area contributed by atoms with Gasteiger partial charge >= 0.3 is 0 Å². The van der Waals surface area contributed by atoms with Crippen molar-refractivity contribution in [3.05, 3.63) is 53.6 Å². The minimum absolute atomic E-state index is 0.0175. The third kappa shape index (κ3) is 3.66. The first kappa shape index (κ1) is 19.3. The molecule has 28 heavy (non-hydrogen) atoms. The summed E-state index contributed by atoms with van der Waals surface area (Å²) in [6, 6.07) is 6.29. The fourth-order valence-electron chi connectivity index (χ4n) is 2.52. The number of nitrogens with one attached hydrogen (secondary N) is 1. The highest BCUT2D eigenvalue weighted by molar-refractivity contribution is 6.44. The van der Waals surface area contributed by atoms with Crippen LogP contribution in [-0.4, -0.2) is 24.6 Å². The molecule has 3 rings (SSSR count). The summed E-state index contributed by atoms with van der Waals surface area (Å²) in [5.74, 6) is -8.04. The Labute approximate surface area is 156 Å². The smallest absolute Gasteiger partial charge is 0.271 e. The van der Waals surface area contributed by atoms with Crippen LogP contribution in [0.4, 0.5) is 28.9 Å². The van der Waals surface area contributed by atoms with Crippen molar-refractivity contribution in [3.63, 3.8) is 0 Å². The maximum atomic E-state index is 14.0. The van der Waals surface area contributed by atoms with Gasteiger partial charge in [-0.2, -0.15) is 10.1 Å². The van der Waals surface area contributed by atoms with Gasteiger partial charge in [0.15, 0.2) is 23.3 Å². The molecule has 0 unspecified atom stereocenters. The topological polar surface area (TPSA) is 71.0 Å². The number of methoxy groups -OCH3 is 1. The molecule has 0 fully saturated rings. The number of rotatable bonds is 4. The number of anilines is 2. The number of hydrazone groups is 1. The first-order valence-electron chi connectivity index (χ1n) is 8.00. The number of amides is 2. The van der Waals surface area contributed by atoms with Crippen LogP contribution in [0, 0.1) is 23.3 Å². The Morgan fingerprint density at radius 1 is 1.07 bits per heavy atom. The van der Waals surface area contributed by atoms with E-state index in [-0.39, 0.29) is 29.6 Å². The molecule has 6 nitrogen and oxygen atoms in total. The van der Waals surface area contributed by atoms with Crippen LogP contribution in [0.1, 0.15) is 12.8 Å². The summed E-state index contributed by atoms with van der Waals surface area (Å²) in [7, 11) is 1.48. The van der Waals surface area contributed by atoms with Crippen molar-refractivity contribution in [2.24, 2.45) is 5.10 Å². The third-order valence-corrected chi connectivity index (χ3v) is 3.94. The Bertz CT molecular complexity index is 951. The predicted octanol–water partition coefficient (Wildman–Crippen LogP) is 3.37. The number of hydrogen-bond acceptors (Lipinski definition) is 4. The van der Waals surface area contributed by atoms with Gasteiger partial charge in [0.05, 0.1) is 7.11 Å². The van der Waals surface area contributed by atoms with E-state index in [1.807, 2.05) is 0 Å². The molecule has 1 heterocycles. The Kier molecular flexibility index (Phi) is 5.30. The maximum absolute atomic E-state index is 14.0. The van der Waals surface area contributed by atoms with Crippen LogP contribution in [0.2, 0.25) is 0 Å². The number of benzene rings is 2. The quantitative estimate of drug-likeness (QED) is 0.638. The average molecular weight is 395 g/mol. The fourth-order valence-corrected chi connectivity index (χ4v) is 2.52. The van der Waals surface area contributed by atoms with Crippen molar-refractivity contribution < 1.29 is 31.9 Å². The van der Waals surface area contributed by atoms with E-state index >= 15 is 0 Å². The lowest BCUT2D eigenvalue weighted by Crippen LogP contribution is -2.37. The Balaban J connectivity index is 1.91. The largest absolute Gasteiger partial charge is 0.497 e. The highest BCUT2D eigenvalue weighted by Crippen LogP contribution is 2.30. The zero-order valence-electron chi connectivity index (χ0n) is 14.4. The second-order valence-electron chi connectivity index (χ2n) is 5.75. The summed E-state index contributed by atoms with van der Waals surface area (Å²) in [4.78, 5) is 24.4. The number of ether oxygens (including phenoxy) is 1. The van der Waals surface area contributed by atoms with Crippen LogP contribution in [0.3, 0.4) is 0 Å². The van der Waals surface area contributed by atoms with E-state index in [0.717, 1.165) is 0 Å². The van der Waals surface area contributed by atoms with Crippen LogP contribution >= 0.6 is 0 Å². The van der Waals surface area contributed by atoms with Gasteiger partial charge < -0.3 is 10.1 Å². The summed E-state index contributed by atoms with van der Waals surface area (Å²) in [5, 5.41) is 6.29. The number of carbonyl (C=O) groups is 2. The standard InChI is InChI=1S/C18H13F4N3O3/c1-28-10-4-2-9(3-5-10)23-18(27)13-6-7-14(26)25(24-13)17-15(21)11(19)8-12(20)16(17)22/h2-5,8H,6-7H2,1H3,(H,23,27). The first-order valence-corrected chi connectivity index (χ1v) is 8.00. The zero-order valence-corrected chi connectivity index (χ0v) is 14.4. The molecule has 0 spiro atoms. The lowest BCUT2D eigenvalue weighted by Gasteiger charge is -2.24. The first-order chi connectivity index (χ1) is 13.3. The molecule has 2 amide bonds. The molecule has 0 radical (unpaired) electrons. The molecule has 0 aliphatic carbocycles. The highest BCUT2D eigenvalue weighted by Gasteiger charge is 2.32. The fraction of sp³-hybridized carbons (Fsp3) is 0.167.